The standard InChI is InChI=1S/C36H52N4O4Si/c1-35(2,3)45(6,7)44-30-17-18-32-31(22-30)34(38-40(32)33-16-11-12-21-43-33)29-23-37-39(24-29)26-36(4,5)27-42-20-13-19-41-25-28-14-9-8-10-15-28/h8-10,14-15,17-18,22-24,33H,11-13,16,19-21,25-27H2,1-7H3. The smallest absolute Gasteiger partial charge is 0.250 e. The highest BCUT2D eigenvalue weighted by Crippen LogP contribution is 2.40. The second kappa shape index (κ2) is 14.2. The molecule has 8 nitrogen and oxygen atoms in total. The average molecular weight is 633 g/mol. The third-order valence-corrected chi connectivity index (χ3v) is 13.3. The Kier molecular flexibility index (Phi) is 10.5. The number of hydrogen-bond acceptors (Lipinski definition) is 6. The van der Waals surface area contributed by atoms with E-state index in [4.69, 9.17) is 28.8 Å². The van der Waals surface area contributed by atoms with E-state index in [1.165, 1.54) is 5.56 Å². The third-order valence-electron chi connectivity index (χ3n) is 8.96. The van der Waals surface area contributed by atoms with E-state index >= 15 is 0 Å². The van der Waals surface area contributed by atoms with Gasteiger partial charge in [0.05, 0.1) is 24.9 Å². The lowest BCUT2D eigenvalue weighted by Gasteiger charge is -2.36. The lowest BCUT2D eigenvalue weighted by atomic mass is 9.95. The maximum absolute atomic E-state index is 6.71. The summed E-state index contributed by atoms with van der Waals surface area (Å²) in [5.41, 5.74) is 4.08. The van der Waals surface area contributed by atoms with Crippen molar-refractivity contribution in [1.29, 1.82) is 0 Å². The number of rotatable bonds is 14. The van der Waals surface area contributed by atoms with E-state index in [2.05, 4.69) is 88.9 Å². The Bertz CT molecular complexity index is 1520. The highest BCUT2D eigenvalue weighted by atomic mass is 28.4. The topological polar surface area (TPSA) is 72.6 Å². The zero-order valence-corrected chi connectivity index (χ0v) is 29.3. The molecule has 0 radical (unpaired) electrons. The molecule has 0 amide bonds. The van der Waals surface area contributed by atoms with Crippen molar-refractivity contribution in [2.24, 2.45) is 5.41 Å². The number of aromatic nitrogens is 4. The predicted molar refractivity (Wildman–Crippen MR) is 183 cm³/mol. The molecular formula is C36H52N4O4Si. The van der Waals surface area contributed by atoms with Crippen LogP contribution in [0.15, 0.2) is 60.9 Å². The molecule has 0 N–H and O–H groups in total. The van der Waals surface area contributed by atoms with Gasteiger partial charge in [-0.15, -0.1) is 0 Å². The third kappa shape index (κ3) is 8.64. The minimum atomic E-state index is -2.00. The van der Waals surface area contributed by atoms with Crippen LogP contribution in [0.4, 0.5) is 0 Å². The van der Waals surface area contributed by atoms with Crippen LogP contribution in [0, 0.1) is 5.41 Å². The number of ether oxygens (including phenoxy) is 3. The molecular weight excluding hydrogens is 581 g/mol. The Labute approximate surface area is 270 Å². The molecule has 4 aromatic rings. The van der Waals surface area contributed by atoms with E-state index in [9.17, 15) is 0 Å². The molecule has 1 aliphatic rings. The van der Waals surface area contributed by atoms with Crippen LogP contribution in [-0.4, -0.2) is 54.3 Å². The summed E-state index contributed by atoms with van der Waals surface area (Å²) in [6, 6.07) is 16.7. The van der Waals surface area contributed by atoms with Crippen LogP contribution in [0.3, 0.4) is 0 Å². The van der Waals surface area contributed by atoms with Crippen molar-refractivity contribution in [3.8, 4) is 17.0 Å². The number of hydrogen-bond donors (Lipinski definition) is 0. The average Bonchev–Trinajstić information content (AvgIpc) is 3.60. The molecule has 1 saturated heterocycles. The molecule has 0 saturated carbocycles. The molecule has 1 aliphatic heterocycles. The summed E-state index contributed by atoms with van der Waals surface area (Å²) in [4.78, 5) is 0. The van der Waals surface area contributed by atoms with Crippen molar-refractivity contribution in [3.63, 3.8) is 0 Å². The van der Waals surface area contributed by atoms with Crippen molar-refractivity contribution < 1.29 is 18.6 Å². The van der Waals surface area contributed by atoms with Crippen LogP contribution in [0.25, 0.3) is 22.2 Å². The summed E-state index contributed by atoms with van der Waals surface area (Å²) >= 11 is 0. The Morgan fingerprint density at radius 2 is 1.76 bits per heavy atom. The Morgan fingerprint density at radius 1 is 0.978 bits per heavy atom. The molecule has 244 valence electrons. The van der Waals surface area contributed by atoms with Gasteiger partial charge in [-0.1, -0.05) is 65.0 Å². The first-order chi connectivity index (χ1) is 21.4. The zero-order valence-electron chi connectivity index (χ0n) is 28.3. The number of benzene rings is 2. The molecule has 2 aromatic heterocycles. The second-order valence-corrected chi connectivity index (χ2v) is 19.4. The molecule has 0 spiro atoms. The molecule has 0 bridgehead atoms. The summed E-state index contributed by atoms with van der Waals surface area (Å²) in [6.45, 7) is 20.0. The van der Waals surface area contributed by atoms with Gasteiger partial charge in [-0.05, 0) is 67.6 Å². The fraction of sp³-hybridized carbons (Fsp3) is 0.556. The van der Waals surface area contributed by atoms with Crippen molar-refractivity contribution in [2.45, 2.75) is 97.8 Å². The van der Waals surface area contributed by atoms with Crippen molar-refractivity contribution in [1.82, 2.24) is 19.6 Å². The lowest BCUT2D eigenvalue weighted by molar-refractivity contribution is -0.0365. The van der Waals surface area contributed by atoms with Gasteiger partial charge in [0.2, 0.25) is 8.32 Å². The van der Waals surface area contributed by atoms with Gasteiger partial charge in [-0.3, -0.25) is 4.68 Å². The fourth-order valence-corrected chi connectivity index (χ4v) is 6.44. The van der Waals surface area contributed by atoms with Gasteiger partial charge in [-0.2, -0.15) is 10.2 Å². The van der Waals surface area contributed by atoms with Crippen molar-refractivity contribution >= 4 is 19.2 Å². The SMILES string of the molecule is CC(C)(COCCCOCc1ccccc1)Cn1cc(-c2nn(C3CCCCO3)c3ccc(O[Si](C)(C)C(C)(C)C)cc23)cn1. The lowest BCUT2D eigenvalue weighted by Crippen LogP contribution is -2.43. The largest absolute Gasteiger partial charge is 0.543 e. The van der Waals surface area contributed by atoms with Crippen molar-refractivity contribution in [2.75, 3.05) is 26.4 Å². The summed E-state index contributed by atoms with van der Waals surface area (Å²) < 4.78 is 28.8. The van der Waals surface area contributed by atoms with Gasteiger partial charge >= 0.3 is 0 Å². The summed E-state index contributed by atoms with van der Waals surface area (Å²) in [5.74, 6) is 0.899. The number of fused-ring (bicyclic) bond motifs is 1. The minimum Gasteiger partial charge on any atom is -0.543 e. The fourth-order valence-electron chi connectivity index (χ4n) is 5.41. The van der Waals surface area contributed by atoms with Gasteiger partial charge in [0.15, 0.2) is 6.23 Å². The van der Waals surface area contributed by atoms with Gasteiger partial charge in [0.25, 0.3) is 0 Å². The van der Waals surface area contributed by atoms with Crippen LogP contribution >= 0.6 is 0 Å². The van der Waals surface area contributed by atoms with Crippen LogP contribution in [0.1, 0.15) is 72.1 Å². The Morgan fingerprint density at radius 3 is 2.49 bits per heavy atom. The van der Waals surface area contributed by atoms with E-state index in [1.54, 1.807) is 0 Å². The Balaban J connectivity index is 1.25. The molecule has 1 fully saturated rings. The van der Waals surface area contributed by atoms with Crippen LogP contribution in [0.2, 0.25) is 18.1 Å². The summed E-state index contributed by atoms with van der Waals surface area (Å²) in [7, 11) is -2.00. The van der Waals surface area contributed by atoms with Crippen LogP contribution in [-0.2, 0) is 27.4 Å². The van der Waals surface area contributed by atoms with E-state index in [-0.39, 0.29) is 16.7 Å². The number of nitrogens with zero attached hydrogens (tertiary/aromatic N) is 4. The highest BCUT2D eigenvalue weighted by molar-refractivity contribution is 6.74. The van der Waals surface area contributed by atoms with Crippen molar-refractivity contribution in [3.05, 3.63) is 66.5 Å². The predicted octanol–water partition coefficient (Wildman–Crippen LogP) is 8.63. The van der Waals surface area contributed by atoms with Gasteiger partial charge in [0.1, 0.15) is 11.4 Å². The first kappa shape index (κ1) is 33.4. The van der Waals surface area contributed by atoms with Gasteiger partial charge < -0.3 is 18.6 Å². The molecule has 5 rings (SSSR count). The van der Waals surface area contributed by atoms with Gasteiger partial charge in [0, 0.05) is 48.9 Å². The normalized spacial score (nSPS) is 16.4. The monoisotopic (exact) mass is 632 g/mol. The molecule has 0 aliphatic carbocycles. The summed E-state index contributed by atoms with van der Waals surface area (Å²) in [6.07, 6.45) is 8.05. The van der Waals surface area contributed by atoms with Crippen LogP contribution in [0.5, 0.6) is 5.75 Å². The van der Waals surface area contributed by atoms with E-state index in [0.717, 1.165) is 66.7 Å². The molecule has 1 atom stereocenters. The molecule has 9 heteroatoms. The molecule has 1 unspecified atom stereocenters. The first-order valence-corrected chi connectivity index (χ1v) is 19.4. The quantitative estimate of drug-likeness (QED) is 0.102. The molecule has 3 heterocycles. The maximum atomic E-state index is 6.71. The first-order valence-electron chi connectivity index (χ1n) is 16.5. The highest BCUT2D eigenvalue weighted by Gasteiger charge is 2.39. The van der Waals surface area contributed by atoms with E-state index in [0.29, 0.717) is 26.4 Å². The van der Waals surface area contributed by atoms with Gasteiger partial charge in [-0.25, -0.2) is 4.68 Å². The zero-order chi connectivity index (χ0) is 32.1. The molecule has 45 heavy (non-hydrogen) atoms. The molecule has 2 aromatic carbocycles. The summed E-state index contributed by atoms with van der Waals surface area (Å²) in [5, 5.41) is 11.1. The maximum Gasteiger partial charge on any atom is 0.250 e. The van der Waals surface area contributed by atoms with E-state index < -0.39 is 8.32 Å². The second-order valence-electron chi connectivity index (χ2n) is 14.7. The van der Waals surface area contributed by atoms with E-state index in [1.807, 2.05) is 29.1 Å². The Hall–Kier alpha value is -2.98. The van der Waals surface area contributed by atoms with Crippen LogP contribution < -0.4 is 4.43 Å². The minimum absolute atomic E-state index is 0.0583.